The van der Waals surface area contributed by atoms with E-state index in [9.17, 15) is 30.4 Å². The van der Waals surface area contributed by atoms with Crippen molar-refractivity contribution in [3.63, 3.8) is 0 Å². The van der Waals surface area contributed by atoms with Crippen molar-refractivity contribution in [2.75, 3.05) is 14.1 Å². The molecule has 4 rings (SSSR count). The first-order valence-corrected chi connectivity index (χ1v) is 12.3. The molecule has 0 bridgehead atoms. The molecule has 0 saturated heterocycles. The lowest BCUT2D eigenvalue weighted by Crippen LogP contribution is -2.48. The predicted octanol–water partition coefficient (Wildman–Crippen LogP) is 5.53. The van der Waals surface area contributed by atoms with Gasteiger partial charge in [0.2, 0.25) is 5.67 Å². The third-order valence-electron chi connectivity index (χ3n) is 7.50. The number of fused-ring (bicyclic) bond motifs is 3. The van der Waals surface area contributed by atoms with Gasteiger partial charge in [0, 0.05) is 6.04 Å². The number of sulfone groups is 1. The van der Waals surface area contributed by atoms with E-state index in [-0.39, 0.29) is 23.3 Å². The minimum absolute atomic E-state index is 0.0316. The second-order valence-corrected chi connectivity index (χ2v) is 11.6. The van der Waals surface area contributed by atoms with Crippen molar-refractivity contribution in [1.29, 1.82) is 0 Å². The van der Waals surface area contributed by atoms with Gasteiger partial charge < -0.3 is 4.90 Å². The highest BCUT2D eigenvalue weighted by molar-refractivity contribution is 7.92. The van der Waals surface area contributed by atoms with Gasteiger partial charge in [-0.2, -0.15) is 13.2 Å². The molecule has 3 nitrogen and oxygen atoms in total. The topological polar surface area (TPSA) is 37.4 Å². The van der Waals surface area contributed by atoms with Crippen LogP contribution in [0.15, 0.2) is 47.4 Å². The Morgan fingerprint density at radius 3 is 2.21 bits per heavy atom. The third-order valence-corrected chi connectivity index (χ3v) is 10.1. The van der Waals surface area contributed by atoms with E-state index in [1.54, 1.807) is 0 Å². The Bertz CT molecular complexity index is 1160. The summed E-state index contributed by atoms with van der Waals surface area (Å²) in [6, 6.07) is 8.16. The van der Waals surface area contributed by atoms with Crippen molar-refractivity contribution in [2.24, 2.45) is 5.92 Å². The molecule has 2 aliphatic rings. The Balaban J connectivity index is 1.93. The largest absolute Gasteiger partial charge is 0.426 e. The molecule has 2 aliphatic carbocycles. The van der Waals surface area contributed by atoms with Crippen LogP contribution in [0, 0.1) is 11.7 Å². The van der Waals surface area contributed by atoms with E-state index in [0.717, 1.165) is 18.2 Å². The van der Waals surface area contributed by atoms with E-state index in [2.05, 4.69) is 0 Å². The molecule has 0 aliphatic heterocycles. The van der Waals surface area contributed by atoms with Gasteiger partial charge in [-0.15, -0.1) is 0 Å². The number of hydrogen-bond donors (Lipinski definition) is 0. The van der Waals surface area contributed by atoms with Crippen molar-refractivity contribution in [2.45, 2.75) is 60.1 Å². The van der Waals surface area contributed by atoms with E-state index >= 15 is 0 Å². The molecule has 2 aromatic rings. The molecule has 180 valence electrons. The lowest BCUT2D eigenvalue weighted by Gasteiger charge is -2.43. The minimum atomic E-state index is -5.10. The van der Waals surface area contributed by atoms with Crippen LogP contribution in [-0.2, 0) is 26.7 Å². The lowest BCUT2D eigenvalue weighted by molar-refractivity contribution is -0.228. The van der Waals surface area contributed by atoms with Crippen LogP contribution in [0.2, 0.25) is 0 Å². The molecule has 1 fully saturated rings. The average Bonchev–Trinajstić information content (AvgIpc) is 3.15. The van der Waals surface area contributed by atoms with Gasteiger partial charge in [0.15, 0.2) is 9.84 Å². The van der Waals surface area contributed by atoms with Gasteiger partial charge in [-0.1, -0.05) is 18.2 Å². The lowest BCUT2D eigenvalue weighted by atomic mass is 9.74. The van der Waals surface area contributed by atoms with Crippen LogP contribution in [0.5, 0.6) is 0 Å². The molecule has 0 amide bonds. The standard InChI is InChI=1S/C24H26F5NO2S/c1-22(26,24(27,28)29)16-5-11-19-15(14-16)4-10-20-21(30(2)3)12-13-23(19,20)33(31,32)18-8-6-17(25)7-9-18/h5-9,11,14,20-21H,4,10,12-13H2,1-3H3/t20-,21+,22?,23+/m0/s1. The molecule has 4 atom stereocenters. The van der Waals surface area contributed by atoms with E-state index < -0.39 is 37.8 Å². The number of nitrogens with zero attached hydrogens (tertiary/aromatic N) is 1. The van der Waals surface area contributed by atoms with E-state index in [1.165, 1.54) is 24.3 Å². The highest BCUT2D eigenvalue weighted by Crippen LogP contribution is 2.58. The first kappa shape index (κ1) is 24.1. The quantitative estimate of drug-likeness (QED) is 0.421. The first-order valence-electron chi connectivity index (χ1n) is 10.8. The Labute approximate surface area is 190 Å². The summed E-state index contributed by atoms with van der Waals surface area (Å²) in [7, 11) is -0.290. The summed E-state index contributed by atoms with van der Waals surface area (Å²) in [4.78, 5) is 1.95. The van der Waals surface area contributed by atoms with Crippen LogP contribution < -0.4 is 0 Å². The molecule has 1 unspecified atom stereocenters. The highest BCUT2D eigenvalue weighted by atomic mass is 32.2. The zero-order valence-corrected chi connectivity index (χ0v) is 19.4. The van der Waals surface area contributed by atoms with Gasteiger partial charge in [0.1, 0.15) is 10.6 Å². The van der Waals surface area contributed by atoms with Gasteiger partial charge in [-0.05, 0) is 93.6 Å². The molecule has 2 aromatic carbocycles. The Morgan fingerprint density at radius 2 is 1.64 bits per heavy atom. The zero-order chi connectivity index (χ0) is 24.4. The van der Waals surface area contributed by atoms with Crippen molar-refractivity contribution in [3.8, 4) is 0 Å². The van der Waals surface area contributed by atoms with E-state index in [0.29, 0.717) is 37.3 Å². The van der Waals surface area contributed by atoms with Gasteiger partial charge in [-0.3, -0.25) is 0 Å². The van der Waals surface area contributed by atoms with Gasteiger partial charge in [-0.25, -0.2) is 17.2 Å². The van der Waals surface area contributed by atoms with Gasteiger partial charge in [0.05, 0.1) is 4.90 Å². The van der Waals surface area contributed by atoms with Gasteiger partial charge >= 0.3 is 6.18 Å². The fraction of sp³-hybridized carbons (Fsp3) is 0.500. The number of rotatable bonds is 4. The van der Waals surface area contributed by atoms with E-state index in [4.69, 9.17) is 0 Å². The maximum atomic E-state index is 14.7. The summed E-state index contributed by atoms with van der Waals surface area (Å²) in [6.45, 7) is 0.475. The average molecular weight is 488 g/mol. The molecule has 0 aromatic heterocycles. The summed E-state index contributed by atoms with van der Waals surface area (Å²) in [5, 5.41) is 0. The van der Waals surface area contributed by atoms with Crippen molar-refractivity contribution in [3.05, 3.63) is 65.0 Å². The number of halogens is 5. The molecule has 0 heterocycles. The molecule has 0 N–H and O–H groups in total. The van der Waals surface area contributed by atoms with Crippen LogP contribution >= 0.6 is 0 Å². The number of aryl methyl sites for hydroxylation is 1. The molecular weight excluding hydrogens is 461 g/mol. The maximum absolute atomic E-state index is 14.7. The number of benzene rings is 2. The van der Waals surface area contributed by atoms with Crippen molar-refractivity contribution in [1.82, 2.24) is 4.90 Å². The summed E-state index contributed by atoms with van der Waals surface area (Å²) < 4.78 is 94.9. The van der Waals surface area contributed by atoms with Crippen LogP contribution in [0.4, 0.5) is 22.0 Å². The van der Waals surface area contributed by atoms with Crippen LogP contribution in [-0.4, -0.2) is 39.6 Å². The predicted molar refractivity (Wildman–Crippen MR) is 115 cm³/mol. The molecule has 9 heteroatoms. The summed E-state index contributed by atoms with van der Waals surface area (Å²) in [5.74, 6) is -0.871. The SMILES string of the molecule is CN(C)[C@@H]1CC[C@@]2(S(=O)(=O)c3ccc(F)cc3)c3ccc(C(C)(F)C(F)(F)F)cc3CC[C@@H]12. The van der Waals surface area contributed by atoms with Crippen LogP contribution in [0.1, 0.15) is 42.9 Å². The number of alkyl halides is 4. The van der Waals surface area contributed by atoms with Crippen LogP contribution in [0.25, 0.3) is 0 Å². The maximum Gasteiger partial charge on any atom is 0.426 e. The zero-order valence-electron chi connectivity index (χ0n) is 18.6. The molecule has 33 heavy (non-hydrogen) atoms. The molecule has 0 spiro atoms. The van der Waals surface area contributed by atoms with Gasteiger partial charge in [0.25, 0.3) is 0 Å². The molecule has 1 saturated carbocycles. The normalized spacial score (nSPS) is 27.2. The molecule has 0 radical (unpaired) electrons. The first-order chi connectivity index (χ1) is 15.2. The monoisotopic (exact) mass is 487 g/mol. The second-order valence-electron chi connectivity index (χ2n) is 9.43. The van der Waals surface area contributed by atoms with Crippen molar-refractivity contribution >= 4 is 9.84 Å². The third kappa shape index (κ3) is 3.50. The smallest absolute Gasteiger partial charge is 0.306 e. The van der Waals surface area contributed by atoms with E-state index in [1.807, 2.05) is 19.0 Å². The summed E-state index contributed by atoms with van der Waals surface area (Å²) in [5.41, 5.74) is -3.25. The number of hydrogen-bond acceptors (Lipinski definition) is 3. The Kier molecular flexibility index (Phi) is 5.68. The Hall–Kier alpha value is -2.00. The second kappa shape index (κ2) is 7.77. The Morgan fingerprint density at radius 1 is 1.00 bits per heavy atom. The summed E-state index contributed by atoms with van der Waals surface area (Å²) in [6.07, 6.45) is -3.44. The van der Waals surface area contributed by atoms with Crippen LogP contribution in [0.3, 0.4) is 0 Å². The summed E-state index contributed by atoms with van der Waals surface area (Å²) >= 11 is 0. The highest BCUT2D eigenvalue weighted by Gasteiger charge is 2.61. The fourth-order valence-corrected chi connectivity index (χ4v) is 8.18. The fourth-order valence-electron chi connectivity index (χ4n) is 5.72. The van der Waals surface area contributed by atoms with Crippen molar-refractivity contribution < 1.29 is 30.4 Å². The molecular formula is C24H26F5NO2S. The minimum Gasteiger partial charge on any atom is -0.306 e.